The van der Waals surface area contributed by atoms with Gasteiger partial charge in [-0.15, -0.1) is 0 Å². The molecule has 1 atom stereocenters. The number of halogens is 1. The van der Waals surface area contributed by atoms with Crippen molar-refractivity contribution in [2.75, 3.05) is 38.2 Å². The maximum Gasteiger partial charge on any atom is 0.169 e. The van der Waals surface area contributed by atoms with Gasteiger partial charge in [0.25, 0.3) is 0 Å². The average molecular weight is 404 g/mol. The Morgan fingerprint density at radius 1 is 1.15 bits per heavy atom. The molecule has 1 heterocycles. The fourth-order valence-electron chi connectivity index (χ4n) is 3.38. The molecule has 4 nitrogen and oxygen atoms in total. The fraction of sp³-hybridized carbons (Fsp3) is 0.381. The number of hydrogen-bond acceptors (Lipinski definition) is 3. The van der Waals surface area contributed by atoms with E-state index in [0.717, 1.165) is 48.5 Å². The van der Waals surface area contributed by atoms with Gasteiger partial charge in [0, 0.05) is 42.9 Å². The van der Waals surface area contributed by atoms with Crippen molar-refractivity contribution in [3.8, 4) is 5.75 Å². The van der Waals surface area contributed by atoms with Gasteiger partial charge >= 0.3 is 0 Å². The van der Waals surface area contributed by atoms with E-state index in [1.54, 1.807) is 7.11 Å². The van der Waals surface area contributed by atoms with E-state index in [1.807, 2.05) is 24.3 Å². The third-order valence-electron chi connectivity index (χ3n) is 4.92. The molecule has 0 amide bonds. The van der Waals surface area contributed by atoms with Crippen LogP contribution in [0.3, 0.4) is 0 Å². The molecule has 0 spiro atoms. The number of ether oxygens (including phenoxy) is 1. The van der Waals surface area contributed by atoms with Crippen molar-refractivity contribution >= 4 is 34.6 Å². The standard InChI is InChI=1S/C21H26ClN3OS/c1-16-15-24(13-14-25(16)19-7-9-20(26-2)10-8-19)21(27)23-12-11-17-3-5-18(22)6-4-17/h3-10,16H,11-15H2,1-2H3,(H,23,27). The number of nitrogens with one attached hydrogen (secondary N) is 1. The zero-order chi connectivity index (χ0) is 19.2. The second-order valence-corrected chi connectivity index (χ2v) is 7.62. The first kappa shape index (κ1) is 19.8. The topological polar surface area (TPSA) is 27.7 Å². The van der Waals surface area contributed by atoms with Gasteiger partial charge in [0.15, 0.2) is 5.11 Å². The lowest BCUT2D eigenvalue weighted by Crippen LogP contribution is -2.56. The van der Waals surface area contributed by atoms with Crippen LogP contribution in [0.2, 0.25) is 5.02 Å². The molecule has 1 aliphatic heterocycles. The van der Waals surface area contributed by atoms with Crippen LogP contribution < -0.4 is 15.0 Å². The Hall–Kier alpha value is -1.98. The van der Waals surface area contributed by atoms with Crippen LogP contribution in [0.5, 0.6) is 5.75 Å². The smallest absolute Gasteiger partial charge is 0.169 e. The van der Waals surface area contributed by atoms with E-state index in [9.17, 15) is 0 Å². The fourth-order valence-corrected chi connectivity index (χ4v) is 3.77. The van der Waals surface area contributed by atoms with Crippen LogP contribution in [0.1, 0.15) is 12.5 Å². The SMILES string of the molecule is COc1ccc(N2CCN(C(=S)NCCc3ccc(Cl)cc3)CC2C)cc1. The van der Waals surface area contributed by atoms with Gasteiger partial charge in [0.1, 0.15) is 5.75 Å². The second-order valence-electron chi connectivity index (χ2n) is 6.79. The summed E-state index contributed by atoms with van der Waals surface area (Å²) in [5.74, 6) is 0.885. The molecular weight excluding hydrogens is 378 g/mol. The minimum absolute atomic E-state index is 0.392. The molecule has 0 radical (unpaired) electrons. The summed E-state index contributed by atoms with van der Waals surface area (Å²) in [6.45, 7) is 5.86. The number of methoxy groups -OCH3 is 1. The molecule has 2 aromatic carbocycles. The summed E-state index contributed by atoms with van der Waals surface area (Å²) in [6, 6.07) is 16.6. The van der Waals surface area contributed by atoms with Crippen LogP contribution in [-0.4, -0.2) is 49.3 Å². The van der Waals surface area contributed by atoms with Gasteiger partial charge in [-0.25, -0.2) is 0 Å². The number of rotatable bonds is 5. The van der Waals surface area contributed by atoms with Gasteiger partial charge in [-0.3, -0.25) is 0 Å². The Balaban J connectivity index is 1.47. The first-order valence-electron chi connectivity index (χ1n) is 9.25. The molecule has 2 aromatic rings. The van der Waals surface area contributed by atoms with Crippen molar-refractivity contribution in [2.24, 2.45) is 0 Å². The van der Waals surface area contributed by atoms with Gasteiger partial charge in [-0.2, -0.15) is 0 Å². The number of thiocarbonyl (C=S) groups is 1. The summed E-state index contributed by atoms with van der Waals surface area (Å²) < 4.78 is 5.25. The summed E-state index contributed by atoms with van der Waals surface area (Å²) in [5, 5.41) is 5.00. The summed E-state index contributed by atoms with van der Waals surface area (Å²) in [5.41, 5.74) is 2.48. The molecule has 1 saturated heterocycles. The van der Waals surface area contributed by atoms with Gasteiger partial charge in [0.05, 0.1) is 7.11 Å². The molecule has 1 fully saturated rings. The maximum atomic E-state index is 5.93. The summed E-state index contributed by atoms with van der Waals surface area (Å²) in [6.07, 6.45) is 0.929. The molecule has 3 rings (SSSR count). The van der Waals surface area contributed by atoms with E-state index < -0.39 is 0 Å². The predicted molar refractivity (Wildman–Crippen MR) is 117 cm³/mol. The average Bonchev–Trinajstić information content (AvgIpc) is 2.69. The van der Waals surface area contributed by atoms with E-state index in [4.69, 9.17) is 28.6 Å². The highest BCUT2D eigenvalue weighted by Crippen LogP contribution is 2.23. The van der Waals surface area contributed by atoms with Crippen LogP contribution >= 0.6 is 23.8 Å². The minimum atomic E-state index is 0.392. The third kappa shape index (κ3) is 5.27. The lowest BCUT2D eigenvalue weighted by Gasteiger charge is -2.42. The van der Waals surface area contributed by atoms with Gasteiger partial charge in [-0.1, -0.05) is 23.7 Å². The Morgan fingerprint density at radius 2 is 1.85 bits per heavy atom. The molecule has 1 N–H and O–H groups in total. The molecule has 1 aliphatic rings. The largest absolute Gasteiger partial charge is 0.497 e. The van der Waals surface area contributed by atoms with Crippen molar-refractivity contribution in [2.45, 2.75) is 19.4 Å². The van der Waals surface area contributed by atoms with E-state index in [1.165, 1.54) is 11.3 Å². The lowest BCUT2D eigenvalue weighted by molar-refractivity contribution is 0.334. The quantitative estimate of drug-likeness (QED) is 0.762. The van der Waals surface area contributed by atoms with Crippen molar-refractivity contribution in [3.05, 3.63) is 59.1 Å². The zero-order valence-electron chi connectivity index (χ0n) is 15.8. The van der Waals surface area contributed by atoms with Crippen LogP contribution in [0.4, 0.5) is 5.69 Å². The van der Waals surface area contributed by atoms with E-state index in [2.05, 4.69) is 46.3 Å². The molecule has 6 heteroatoms. The normalized spacial score (nSPS) is 16.9. The Kier molecular flexibility index (Phi) is 6.80. The molecule has 27 heavy (non-hydrogen) atoms. The summed E-state index contributed by atoms with van der Waals surface area (Å²) in [4.78, 5) is 4.69. The Morgan fingerprint density at radius 3 is 2.48 bits per heavy atom. The highest BCUT2D eigenvalue weighted by molar-refractivity contribution is 7.80. The number of anilines is 1. The first-order chi connectivity index (χ1) is 13.1. The van der Waals surface area contributed by atoms with Crippen LogP contribution in [-0.2, 0) is 6.42 Å². The van der Waals surface area contributed by atoms with Crippen LogP contribution in [0.25, 0.3) is 0 Å². The van der Waals surface area contributed by atoms with E-state index >= 15 is 0 Å². The molecule has 0 bridgehead atoms. The number of nitrogens with zero attached hydrogens (tertiary/aromatic N) is 2. The van der Waals surface area contributed by atoms with E-state index in [-0.39, 0.29) is 0 Å². The Bertz CT molecular complexity index is 751. The summed E-state index contributed by atoms with van der Waals surface area (Å²) >= 11 is 11.5. The Labute approximate surface area is 172 Å². The lowest BCUT2D eigenvalue weighted by atomic mass is 10.1. The highest BCUT2D eigenvalue weighted by atomic mass is 35.5. The van der Waals surface area contributed by atoms with Crippen molar-refractivity contribution in [1.82, 2.24) is 10.2 Å². The van der Waals surface area contributed by atoms with Crippen molar-refractivity contribution in [1.29, 1.82) is 0 Å². The minimum Gasteiger partial charge on any atom is -0.497 e. The van der Waals surface area contributed by atoms with Gasteiger partial charge < -0.3 is 19.9 Å². The molecule has 0 saturated carbocycles. The maximum absolute atomic E-state index is 5.93. The zero-order valence-corrected chi connectivity index (χ0v) is 17.4. The molecule has 144 valence electrons. The summed E-state index contributed by atoms with van der Waals surface area (Å²) in [7, 11) is 1.69. The molecule has 0 aromatic heterocycles. The number of piperazine rings is 1. The van der Waals surface area contributed by atoms with Crippen molar-refractivity contribution in [3.63, 3.8) is 0 Å². The van der Waals surface area contributed by atoms with Gasteiger partial charge in [0.2, 0.25) is 0 Å². The monoisotopic (exact) mass is 403 g/mol. The van der Waals surface area contributed by atoms with Crippen LogP contribution in [0, 0.1) is 0 Å². The second kappa shape index (κ2) is 9.29. The van der Waals surface area contributed by atoms with Gasteiger partial charge in [-0.05, 0) is 67.5 Å². The molecular formula is C21H26ClN3OS. The molecule has 1 unspecified atom stereocenters. The molecule has 0 aliphatic carbocycles. The van der Waals surface area contributed by atoms with E-state index in [0.29, 0.717) is 6.04 Å². The highest BCUT2D eigenvalue weighted by Gasteiger charge is 2.25. The number of benzene rings is 2. The van der Waals surface area contributed by atoms with Crippen LogP contribution in [0.15, 0.2) is 48.5 Å². The third-order valence-corrected chi connectivity index (χ3v) is 5.58. The first-order valence-corrected chi connectivity index (χ1v) is 10.0. The number of hydrogen-bond donors (Lipinski definition) is 1. The predicted octanol–water partition coefficient (Wildman–Crippen LogP) is 3.98. The van der Waals surface area contributed by atoms with Crippen molar-refractivity contribution < 1.29 is 4.74 Å².